The van der Waals surface area contributed by atoms with Crippen LogP contribution in [-0.4, -0.2) is 29.9 Å². The fourth-order valence-corrected chi connectivity index (χ4v) is 9.62. The maximum Gasteiger partial charge on any atom is 0.315 e. The van der Waals surface area contributed by atoms with Gasteiger partial charge >= 0.3 is 11.9 Å². The molecule has 5 aliphatic carbocycles. The number of aldehydes is 1. The van der Waals surface area contributed by atoms with Crippen molar-refractivity contribution < 1.29 is 24.2 Å². The van der Waals surface area contributed by atoms with Crippen molar-refractivity contribution in [2.24, 2.45) is 51.8 Å². The van der Waals surface area contributed by atoms with Crippen molar-refractivity contribution in [1.82, 2.24) is 0 Å². The first-order valence-corrected chi connectivity index (χ1v) is 13.3. The highest BCUT2D eigenvalue weighted by atomic mass is 16.5. The minimum absolute atomic E-state index is 0.00556. The van der Waals surface area contributed by atoms with Gasteiger partial charge in [-0.1, -0.05) is 58.1 Å². The van der Waals surface area contributed by atoms with Crippen molar-refractivity contribution in [3.8, 4) is 0 Å². The van der Waals surface area contributed by atoms with E-state index in [2.05, 4.69) is 26.8 Å². The molecule has 33 heavy (non-hydrogen) atoms. The summed E-state index contributed by atoms with van der Waals surface area (Å²) in [6.45, 7) is 6.67. The van der Waals surface area contributed by atoms with Crippen molar-refractivity contribution in [1.29, 1.82) is 0 Å². The van der Waals surface area contributed by atoms with Crippen LogP contribution in [0.3, 0.4) is 0 Å². The van der Waals surface area contributed by atoms with Gasteiger partial charge in [0.15, 0.2) is 0 Å². The molecular weight excluding hydrogens is 416 g/mol. The van der Waals surface area contributed by atoms with Gasteiger partial charge in [-0.05, 0) is 68.1 Å². The third-order valence-electron chi connectivity index (χ3n) is 10.9. The summed E-state index contributed by atoms with van der Waals surface area (Å²) in [5.74, 6) is 0.230. The lowest BCUT2D eigenvalue weighted by molar-refractivity contribution is -0.182. The van der Waals surface area contributed by atoms with Crippen molar-refractivity contribution in [2.45, 2.75) is 85.0 Å². The predicted octanol–water partition coefficient (Wildman–Crippen LogP) is 5.42. The molecule has 4 bridgehead atoms. The second-order valence-corrected chi connectivity index (χ2v) is 12.2. The molecule has 5 nitrogen and oxygen atoms in total. The molecule has 182 valence electrons. The van der Waals surface area contributed by atoms with Crippen LogP contribution in [0, 0.1) is 51.8 Å². The molecule has 4 saturated carbocycles. The molecule has 0 amide bonds. The van der Waals surface area contributed by atoms with Crippen LogP contribution >= 0.6 is 0 Å². The van der Waals surface area contributed by atoms with E-state index in [1.807, 2.05) is 0 Å². The monoisotopic (exact) mass is 456 g/mol. The van der Waals surface area contributed by atoms with Crippen molar-refractivity contribution in [3.05, 3.63) is 11.6 Å². The Hall–Kier alpha value is -1.65. The maximum atomic E-state index is 13.4. The van der Waals surface area contributed by atoms with Gasteiger partial charge in [0, 0.05) is 5.41 Å². The Bertz CT molecular complexity index is 870. The average Bonchev–Trinajstić information content (AvgIpc) is 3.37. The summed E-state index contributed by atoms with van der Waals surface area (Å²) in [5, 5.41) is 11.0. The second kappa shape index (κ2) is 7.95. The van der Waals surface area contributed by atoms with E-state index in [1.165, 1.54) is 6.42 Å². The molecule has 6 unspecified atom stereocenters. The standard InChI is InChI=1S/C28H40O5/c1-17(2)23-13-20-14-27(16-29)22-10-9-18(3)21(22)15-26(20,28(23,27)25(31)32)11-12-33-24(30)19-7-5-4-6-8-19/h13,16-22H,4-12,14-15H2,1-3H3,(H,31,32)/t18-,20?,21?,22?,26?,27?,28?/m1/s1. The van der Waals surface area contributed by atoms with Gasteiger partial charge in [-0.15, -0.1) is 0 Å². The van der Waals surface area contributed by atoms with Gasteiger partial charge in [-0.3, -0.25) is 9.59 Å². The van der Waals surface area contributed by atoms with E-state index in [4.69, 9.17) is 4.74 Å². The zero-order valence-corrected chi connectivity index (χ0v) is 20.5. The summed E-state index contributed by atoms with van der Waals surface area (Å²) >= 11 is 0. The summed E-state index contributed by atoms with van der Waals surface area (Å²) in [7, 11) is 0. The van der Waals surface area contributed by atoms with Crippen LogP contribution < -0.4 is 0 Å². The lowest BCUT2D eigenvalue weighted by atomic mass is 9.42. The van der Waals surface area contributed by atoms with Gasteiger partial charge in [-0.2, -0.15) is 0 Å². The van der Waals surface area contributed by atoms with Crippen LogP contribution in [0.1, 0.15) is 85.0 Å². The number of carbonyl (C=O) groups excluding carboxylic acids is 2. The number of fused-ring (bicyclic) bond motifs is 2. The lowest BCUT2D eigenvalue weighted by Gasteiger charge is -2.58. The Morgan fingerprint density at radius 3 is 2.52 bits per heavy atom. The van der Waals surface area contributed by atoms with Crippen molar-refractivity contribution >= 4 is 18.2 Å². The second-order valence-electron chi connectivity index (χ2n) is 12.2. The molecule has 0 aliphatic heterocycles. The van der Waals surface area contributed by atoms with E-state index in [9.17, 15) is 19.5 Å². The van der Waals surface area contributed by atoms with Gasteiger partial charge in [0.25, 0.3) is 0 Å². The van der Waals surface area contributed by atoms with Gasteiger partial charge in [0.2, 0.25) is 0 Å². The van der Waals surface area contributed by atoms with E-state index in [0.29, 0.717) is 24.7 Å². The summed E-state index contributed by atoms with van der Waals surface area (Å²) in [6.07, 6.45) is 12.5. The molecule has 0 aromatic carbocycles. The van der Waals surface area contributed by atoms with E-state index in [0.717, 1.165) is 56.8 Å². The highest BCUT2D eigenvalue weighted by molar-refractivity contribution is 5.90. The highest BCUT2D eigenvalue weighted by Gasteiger charge is 2.83. The first kappa shape index (κ1) is 23.1. The van der Waals surface area contributed by atoms with Crippen LogP contribution in [0.15, 0.2) is 11.6 Å². The molecule has 5 heteroatoms. The zero-order valence-electron chi connectivity index (χ0n) is 20.5. The van der Waals surface area contributed by atoms with E-state index >= 15 is 0 Å². The highest BCUT2D eigenvalue weighted by Crippen LogP contribution is 2.83. The molecule has 4 fully saturated rings. The molecule has 5 rings (SSSR count). The minimum Gasteiger partial charge on any atom is -0.481 e. The topological polar surface area (TPSA) is 80.7 Å². The van der Waals surface area contributed by atoms with Crippen molar-refractivity contribution in [2.75, 3.05) is 6.61 Å². The molecule has 0 heterocycles. The fourth-order valence-electron chi connectivity index (χ4n) is 9.62. The number of carboxylic acid groups (broad SMARTS) is 1. The third kappa shape index (κ3) is 2.80. The molecule has 0 radical (unpaired) electrons. The third-order valence-corrected chi connectivity index (χ3v) is 10.9. The normalized spacial score (nSPS) is 43.9. The summed E-state index contributed by atoms with van der Waals surface area (Å²) in [6, 6.07) is 0. The SMILES string of the molecule is CC(C)C1=CC2CC3(C=O)C4CC[C@@H](C)C4CC2(CCOC(=O)C2CCCCC2)C13C(=O)O. The quantitative estimate of drug-likeness (QED) is 0.314. The number of rotatable bonds is 7. The lowest BCUT2D eigenvalue weighted by Crippen LogP contribution is -2.62. The largest absolute Gasteiger partial charge is 0.481 e. The first-order valence-electron chi connectivity index (χ1n) is 13.3. The number of aliphatic carboxylic acids is 1. The van der Waals surface area contributed by atoms with Crippen molar-refractivity contribution in [3.63, 3.8) is 0 Å². The van der Waals surface area contributed by atoms with E-state index in [-0.39, 0.29) is 36.2 Å². The predicted molar refractivity (Wildman–Crippen MR) is 124 cm³/mol. The number of hydrogen-bond donors (Lipinski definition) is 1. The smallest absolute Gasteiger partial charge is 0.315 e. The summed E-state index contributed by atoms with van der Waals surface area (Å²) in [5.41, 5.74) is -1.58. The molecular formula is C28H40O5. The Kier molecular flexibility index (Phi) is 5.57. The fraction of sp³-hybridized carbons (Fsp3) is 0.821. The maximum absolute atomic E-state index is 13.4. The number of ether oxygens (including phenoxy) is 1. The van der Waals surface area contributed by atoms with E-state index < -0.39 is 22.2 Å². The minimum atomic E-state index is -1.16. The number of carbonyl (C=O) groups is 3. The van der Waals surface area contributed by atoms with Gasteiger partial charge < -0.3 is 14.6 Å². The zero-order chi connectivity index (χ0) is 23.6. The molecule has 0 aromatic heterocycles. The van der Waals surface area contributed by atoms with E-state index in [1.54, 1.807) is 0 Å². The van der Waals surface area contributed by atoms with Crippen LogP contribution in [0.2, 0.25) is 0 Å². The molecule has 0 saturated heterocycles. The molecule has 7 atom stereocenters. The average molecular weight is 457 g/mol. The first-order chi connectivity index (χ1) is 15.7. The van der Waals surface area contributed by atoms with Gasteiger partial charge in [-0.25, -0.2) is 0 Å². The Labute approximate surface area is 197 Å². The Morgan fingerprint density at radius 2 is 1.88 bits per heavy atom. The number of esters is 1. The summed E-state index contributed by atoms with van der Waals surface area (Å²) in [4.78, 5) is 39.2. The van der Waals surface area contributed by atoms with Gasteiger partial charge in [0.1, 0.15) is 11.7 Å². The van der Waals surface area contributed by atoms with Crippen LogP contribution in [0.25, 0.3) is 0 Å². The molecule has 1 N–H and O–H groups in total. The number of hydrogen-bond acceptors (Lipinski definition) is 4. The molecule has 5 aliphatic rings. The Balaban J connectivity index is 1.51. The van der Waals surface area contributed by atoms with Crippen LogP contribution in [0.5, 0.6) is 0 Å². The Morgan fingerprint density at radius 1 is 1.15 bits per heavy atom. The number of carboxylic acids is 1. The summed E-state index contributed by atoms with van der Waals surface area (Å²) < 4.78 is 5.84. The number of allylic oxidation sites excluding steroid dienone is 1. The van der Waals surface area contributed by atoms with Crippen LogP contribution in [-0.2, 0) is 19.1 Å². The van der Waals surface area contributed by atoms with Gasteiger partial charge in [0.05, 0.1) is 17.9 Å². The molecule has 0 aromatic rings. The van der Waals surface area contributed by atoms with Crippen LogP contribution in [0.4, 0.5) is 0 Å². The molecule has 0 spiro atoms.